The summed E-state index contributed by atoms with van der Waals surface area (Å²) in [4.78, 5) is 23.2. The zero-order valence-electron chi connectivity index (χ0n) is 16.4. The zero-order valence-corrected chi connectivity index (χ0v) is 16.4. The van der Waals surface area contributed by atoms with Gasteiger partial charge in [-0.3, -0.25) is 4.79 Å². The third-order valence-electron chi connectivity index (χ3n) is 5.14. The van der Waals surface area contributed by atoms with Gasteiger partial charge in [0, 0.05) is 35.9 Å². The summed E-state index contributed by atoms with van der Waals surface area (Å²) in [6.45, 7) is 4.70. The van der Waals surface area contributed by atoms with E-state index in [9.17, 15) is 4.79 Å². The van der Waals surface area contributed by atoms with Gasteiger partial charge in [0.2, 0.25) is 5.95 Å². The molecule has 6 heteroatoms. The number of hydrogen-bond acceptors (Lipinski definition) is 6. The molecule has 2 N–H and O–H groups in total. The van der Waals surface area contributed by atoms with Gasteiger partial charge in [-0.05, 0) is 38.0 Å². The molecule has 0 bridgehead atoms. The summed E-state index contributed by atoms with van der Waals surface area (Å²) >= 11 is 0. The van der Waals surface area contributed by atoms with Crippen LogP contribution in [0.15, 0.2) is 24.3 Å². The lowest BCUT2D eigenvalue weighted by molar-refractivity contribution is 0.0988. The lowest BCUT2D eigenvalue weighted by Gasteiger charge is -2.32. The average molecular weight is 368 g/mol. The van der Waals surface area contributed by atoms with Crippen molar-refractivity contribution in [2.75, 3.05) is 24.3 Å². The van der Waals surface area contributed by atoms with Crippen LogP contribution < -0.4 is 15.4 Å². The summed E-state index contributed by atoms with van der Waals surface area (Å²) in [5.41, 5.74) is 8.53. The van der Waals surface area contributed by atoms with E-state index < -0.39 is 0 Å². The first-order valence-electron chi connectivity index (χ1n) is 9.62. The topological polar surface area (TPSA) is 81.3 Å². The first kappa shape index (κ1) is 19.1. The summed E-state index contributed by atoms with van der Waals surface area (Å²) in [6.07, 6.45) is 4.85. The van der Waals surface area contributed by atoms with E-state index in [1.807, 2.05) is 38.1 Å². The number of rotatable bonds is 5. The van der Waals surface area contributed by atoms with Crippen molar-refractivity contribution in [2.45, 2.75) is 52.0 Å². The highest BCUT2D eigenvalue weighted by Crippen LogP contribution is 2.38. The molecule has 27 heavy (non-hydrogen) atoms. The Balaban J connectivity index is 2.09. The van der Waals surface area contributed by atoms with E-state index in [-0.39, 0.29) is 17.8 Å². The minimum atomic E-state index is 0.0840. The highest BCUT2D eigenvalue weighted by atomic mass is 16.5. The SMILES string of the molecule is CCC(=O)c1ccc(OC)c([C@@H]2CCCCCN2c2cc(C)nc(N)n2)c1. The van der Waals surface area contributed by atoms with Crippen LogP contribution >= 0.6 is 0 Å². The number of Topliss-reactive ketones (excluding diaryl/α,β-unsaturated/α-hetero) is 1. The van der Waals surface area contributed by atoms with E-state index in [0.29, 0.717) is 6.42 Å². The minimum absolute atomic E-state index is 0.0840. The Morgan fingerprint density at radius 1 is 1.26 bits per heavy atom. The average Bonchev–Trinajstić information content (AvgIpc) is 2.92. The Morgan fingerprint density at radius 2 is 2.07 bits per heavy atom. The number of benzene rings is 1. The minimum Gasteiger partial charge on any atom is -0.496 e. The number of nitrogens with two attached hydrogens (primary N) is 1. The van der Waals surface area contributed by atoms with Gasteiger partial charge >= 0.3 is 0 Å². The van der Waals surface area contributed by atoms with Crippen LogP contribution in [0.4, 0.5) is 11.8 Å². The summed E-state index contributed by atoms with van der Waals surface area (Å²) in [5, 5.41) is 0. The second kappa shape index (κ2) is 8.37. The fourth-order valence-electron chi connectivity index (χ4n) is 3.80. The predicted molar refractivity (Wildman–Crippen MR) is 107 cm³/mol. The Labute approximate surface area is 160 Å². The fraction of sp³-hybridized carbons (Fsp3) is 0.476. The number of ether oxygens (including phenoxy) is 1. The van der Waals surface area contributed by atoms with E-state index >= 15 is 0 Å². The molecule has 2 aromatic rings. The maximum absolute atomic E-state index is 12.3. The third-order valence-corrected chi connectivity index (χ3v) is 5.14. The fourth-order valence-corrected chi connectivity index (χ4v) is 3.80. The molecular weight excluding hydrogens is 340 g/mol. The molecule has 1 aromatic heterocycles. The van der Waals surface area contributed by atoms with E-state index in [0.717, 1.165) is 54.2 Å². The third kappa shape index (κ3) is 4.21. The van der Waals surface area contributed by atoms with Gasteiger partial charge in [-0.1, -0.05) is 19.8 Å². The lowest BCUT2D eigenvalue weighted by atomic mass is 9.96. The van der Waals surface area contributed by atoms with Crippen molar-refractivity contribution in [3.8, 4) is 5.75 Å². The van der Waals surface area contributed by atoms with Crippen molar-refractivity contribution in [3.05, 3.63) is 41.1 Å². The summed E-state index contributed by atoms with van der Waals surface area (Å²) in [6, 6.07) is 7.80. The first-order chi connectivity index (χ1) is 13.0. The van der Waals surface area contributed by atoms with E-state index in [2.05, 4.69) is 14.9 Å². The van der Waals surface area contributed by atoms with Gasteiger partial charge in [0.25, 0.3) is 0 Å². The monoisotopic (exact) mass is 368 g/mol. The van der Waals surface area contributed by atoms with E-state index in [1.165, 1.54) is 6.42 Å². The first-order valence-corrected chi connectivity index (χ1v) is 9.62. The standard InChI is InChI=1S/C21H28N4O2/c1-4-18(26)15-9-10-19(27-3)16(13-15)17-8-6-5-7-11-25(17)20-12-14(2)23-21(22)24-20/h9-10,12-13,17H,4-8,11H2,1-3H3,(H2,22,23,24)/t17-/m0/s1. The molecule has 0 amide bonds. The van der Waals surface area contributed by atoms with Gasteiger partial charge < -0.3 is 15.4 Å². The molecular formula is C21H28N4O2. The molecule has 0 saturated carbocycles. The summed E-state index contributed by atoms with van der Waals surface area (Å²) < 4.78 is 5.64. The second-order valence-electron chi connectivity index (χ2n) is 7.02. The van der Waals surface area contributed by atoms with Gasteiger partial charge in [-0.15, -0.1) is 0 Å². The van der Waals surface area contributed by atoms with Crippen molar-refractivity contribution in [1.82, 2.24) is 9.97 Å². The Morgan fingerprint density at radius 3 is 2.78 bits per heavy atom. The molecule has 1 atom stereocenters. The van der Waals surface area contributed by atoms with E-state index in [1.54, 1.807) is 7.11 Å². The number of methoxy groups -OCH3 is 1. The number of ketones is 1. The molecule has 6 nitrogen and oxygen atoms in total. The van der Waals surface area contributed by atoms with Crippen LogP contribution in [0.25, 0.3) is 0 Å². The zero-order chi connectivity index (χ0) is 19.4. The normalized spacial score (nSPS) is 17.4. The molecule has 3 rings (SSSR count). The van der Waals surface area contributed by atoms with Gasteiger partial charge in [0.15, 0.2) is 5.78 Å². The summed E-state index contributed by atoms with van der Waals surface area (Å²) in [5.74, 6) is 2.07. The largest absolute Gasteiger partial charge is 0.496 e. The number of nitrogen functional groups attached to an aromatic ring is 1. The van der Waals surface area contributed by atoms with Crippen LogP contribution in [0.1, 0.15) is 66.7 Å². The van der Waals surface area contributed by atoms with Crippen molar-refractivity contribution < 1.29 is 9.53 Å². The number of anilines is 2. The highest BCUT2D eigenvalue weighted by Gasteiger charge is 2.27. The molecule has 1 aromatic carbocycles. The Kier molecular flexibility index (Phi) is 5.94. The molecule has 1 aliphatic rings. The molecule has 0 spiro atoms. The van der Waals surface area contributed by atoms with Crippen molar-refractivity contribution in [3.63, 3.8) is 0 Å². The van der Waals surface area contributed by atoms with Crippen LogP contribution in [0.3, 0.4) is 0 Å². The molecule has 144 valence electrons. The van der Waals surface area contributed by atoms with Crippen LogP contribution in [0.2, 0.25) is 0 Å². The molecule has 1 fully saturated rings. The molecule has 1 saturated heterocycles. The number of aromatic nitrogens is 2. The van der Waals surface area contributed by atoms with Gasteiger partial charge in [-0.25, -0.2) is 4.98 Å². The van der Waals surface area contributed by atoms with Crippen molar-refractivity contribution >= 4 is 17.5 Å². The maximum Gasteiger partial charge on any atom is 0.222 e. The summed E-state index contributed by atoms with van der Waals surface area (Å²) in [7, 11) is 1.67. The number of carbonyl (C=O) groups is 1. The van der Waals surface area contributed by atoms with Crippen molar-refractivity contribution in [1.29, 1.82) is 0 Å². The highest BCUT2D eigenvalue weighted by molar-refractivity contribution is 5.96. The van der Waals surface area contributed by atoms with Crippen LogP contribution in [-0.4, -0.2) is 29.4 Å². The quantitative estimate of drug-likeness (QED) is 0.801. The molecule has 2 heterocycles. The molecule has 0 aliphatic carbocycles. The maximum atomic E-state index is 12.3. The Hall–Kier alpha value is -2.63. The lowest BCUT2D eigenvalue weighted by Crippen LogP contribution is -2.30. The van der Waals surface area contributed by atoms with Crippen LogP contribution in [-0.2, 0) is 0 Å². The Bertz CT molecular complexity index is 802. The molecule has 0 radical (unpaired) electrons. The number of nitrogens with zero attached hydrogens (tertiary/aromatic N) is 3. The van der Waals surface area contributed by atoms with Crippen LogP contribution in [0, 0.1) is 6.92 Å². The molecule has 0 unspecified atom stereocenters. The van der Waals surface area contributed by atoms with Gasteiger partial charge in [0.05, 0.1) is 13.2 Å². The van der Waals surface area contributed by atoms with Crippen LogP contribution in [0.5, 0.6) is 5.75 Å². The smallest absolute Gasteiger partial charge is 0.222 e. The van der Waals surface area contributed by atoms with E-state index in [4.69, 9.17) is 10.5 Å². The number of hydrogen-bond donors (Lipinski definition) is 1. The van der Waals surface area contributed by atoms with Gasteiger partial charge in [-0.2, -0.15) is 4.98 Å². The number of aryl methyl sites for hydroxylation is 1. The van der Waals surface area contributed by atoms with Crippen molar-refractivity contribution in [2.24, 2.45) is 0 Å². The predicted octanol–water partition coefficient (Wildman–Crippen LogP) is 4.09. The molecule has 1 aliphatic heterocycles. The second-order valence-corrected chi connectivity index (χ2v) is 7.02. The van der Waals surface area contributed by atoms with Gasteiger partial charge in [0.1, 0.15) is 11.6 Å². The number of carbonyl (C=O) groups excluding carboxylic acids is 1.